The van der Waals surface area contributed by atoms with E-state index in [0.29, 0.717) is 5.75 Å². The van der Waals surface area contributed by atoms with E-state index >= 15 is 0 Å². The molecule has 0 radical (unpaired) electrons. The molecule has 0 saturated carbocycles. The van der Waals surface area contributed by atoms with Crippen LogP contribution in [0.25, 0.3) is 0 Å². The molecule has 1 atom stereocenters. The van der Waals surface area contributed by atoms with E-state index in [-0.39, 0.29) is 25.4 Å². The highest BCUT2D eigenvalue weighted by molar-refractivity contribution is 7.87. The molecule has 0 aliphatic carbocycles. The molecule has 1 aromatic carbocycles. The van der Waals surface area contributed by atoms with Crippen LogP contribution >= 0.6 is 0 Å². The largest absolute Gasteiger partial charge is 0.497 e. The Morgan fingerprint density at radius 2 is 2.21 bits per heavy atom. The van der Waals surface area contributed by atoms with Crippen LogP contribution in [0.5, 0.6) is 5.75 Å². The van der Waals surface area contributed by atoms with Gasteiger partial charge in [-0.3, -0.25) is 4.79 Å². The van der Waals surface area contributed by atoms with Crippen molar-refractivity contribution in [1.82, 2.24) is 4.90 Å². The summed E-state index contributed by atoms with van der Waals surface area (Å²) in [6.07, 6.45) is -0.289. The van der Waals surface area contributed by atoms with Crippen molar-refractivity contribution in [1.29, 1.82) is 0 Å². The van der Waals surface area contributed by atoms with Gasteiger partial charge in [-0.05, 0) is 17.7 Å². The van der Waals surface area contributed by atoms with E-state index in [1.54, 1.807) is 24.3 Å². The highest BCUT2D eigenvalue weighted by atomic mass is 32.3. The lowest BCUT2D eigenvalue weighted by molar-refractivity contribution is -0.128. The van der Waals surface area contributed by atoms with Crippen LogP contribution in [0, 0.1) is 0 Å². The minimum absolute atomic E-state index is 0.102. The quantitative estimate of drug-likeness (QED) is 0.778. The first-order valence-corrected chi connectivity index (χ1v) is 7.19. The van der Waals surface area contributed by atoms with Gasteiger partial charge < -0.3 is 9.64 Å². The van der Waals surface area contributed by atoms with Crippen LogP contribution in [0.1, 0.15) is 12.0 Å². The molecule has 1 fully saturated rings. The molecule has 1 aromatic rings. The molecule has 0 aromatic heterocycles. The van der Waals surface area contributed by atoms with Crippen molar-refractivity contribution in [2.45, 2.75) is 18.2 Å². The normalized spacial score (nSPS) is 19.8. The number of hydrogen-bond acceptors (Lipinski definition) is 4. The predicted molar refractivity (Wildman–Crippen MR) is 66.8 cm³/mol. The summed E-state index contributed by atoms with van der Waals surface area (Å²) in [6.45, 7) is 0.150. The number of nitrogens with zero attached hydrogens (tertiary/aromatic N) is 1. The maximum atomic E-state index is 12.9. The third-order valence-electron chi connectivity index (χ3n) is 3.08. The van der Waals surface area contributed by atoms with Crippen LogP contribution < -0.4 is 4.74 Å². The van der Waals surface area contributed by atoms with Crippen LogP contribution in [0.3, 0.4) is 0 Å². The van der Waals surface area contributed by atoms with Crippen molar-refractivity contribution in [3.63, 3.8) is 0 Å². The van der Waals surface area contributed by atoms with Gasteiger partial charge in [-0.15, -0.1) is 3.89 Å². The minimum atomic E-state index is -4.66. The maximum absolute atomic E-state index is 12.9. The molecule has 1 saturated heterocycles. The molecule has 104 valence electrons. The summed E-state index contributed by atoms with van der Waals surface area (Å²) in [5.74, 6) is 0.299. The van der Waals surface area contributed by atoms with Crippen molar-refractivity contribution >= 4 is 16.1 Å². The molecule has 1 amide bonds. The van der Waals surface area contributed by atoms with E-state index in [9.17, 15) is 17.1 Å². The molecule has 1 heterocycles. The number of rotatable bonds is 4. The van der Waals surface area contributed by atoms with E-state index in [4.69, 9.17) is 4.74 Å². The van der Waals surface area contributed by atoms with Crippen LogP contribution in [0.4, 0.5) is 3.89 Å². The Labute approximate surface area is 111 Å². The summed E-state index contributed by atoms with van der Waals surface area (Å²) in [5.41, 5.74) is 0.810. The number of carbonyl (C=O) groups excluding carboxylic acids is 1. The highest BCUT2D eigenvalue weighted by Gasteiger charge is 2.38. The van der Waals surface area contributed by atoms with Gasteiger partial charge in [0, 0.05) is 19.5 Å². The molecule has 1 aliphatic rings. The van der Waals surface area contributed by atoms with Gasteiger partial charge in [0.1, 0.15) is 11.0 Å². The number of ether oxygens (including phenoxy) is 1. The summed E-state index contributed by atoms with van der Waals surface area (Å²) >= 11 is 0. The Morgan fingerprint density at radius 3 is 2.79 bits per heavy atom. The Bertz CT molecular complexity index is 587. The molecule has 1 unspecified atom stereocenters. The molecule has 0 N–H and O–H groups in total. The second kappa shape index (κ2) is 5.16. The second-order valence-corrected chi connectivity index (χ2v) is 6.05. The lowest BCUT2D eigenvalue weighted by atomic mass is 10.2. The first kappa shape index (κ1) is 13.8. The van der Waals surface area contributed by atoms with Gasteiger partial charge >= 0.3 is 10.2 Å². The molecular formula is C12H14FNO4S. The zero-order valence-corrected chi connectivity index (χ0v) is 11.2. The lowest BCUT2D eigenvalue weighted by Crippen LogP contribution is -2.26. The first-order chi connectivity index (χ1) is 8.90. The average Bonchev–Trinajstić information content (AvgIpc) is 2.71. The zero-order chi connectivity index (χ0) is 14.0. The third-order valence-corrected chi connectivity index (χ3v) is 4.20. The molecule has 19 heavy (non-hydrogen) atoms. The van der Waals surface area contributed by atoms with Crippen molar-refractivity contribution in [3.8, 4) is 5.75 Å². The summed E-state index contributed by atoms with van der Waals surface area (Å²) < 4.78 is 39.6. The molecule has 0 spiro atoms. The Morgan fingerprint density at radius 1 is 1.47 bits per heavy atom. The maximum Gasteiger partial charge on any atom is 0.307 e. The smallest absolute Gasteiger partial charge is 0.307 e. The van der Waals surface area contributed by atoms with Crippen molar-refractivity contribution < 1.29 is 21.8 Å². The van der Waals surface area contributed by atoms with Gasteiger partial charge in [0.15, 0.2) is 0 Å². The number of hydrogen-bond donors (Lipinski definition) is 0. The van der Waals surface area contributed by atoms with Gasteiger partial charge in [-0.2, -0.15) is 8.42 Å². The number of halogens is 1. The van der Waals surface area contributed by atoms with Crippen molar-refractivity contribution in [3.05, 3.63) is 29.8 Å². The van der Waals surface area contributed by atoms with E-state index in [0.717, 1.165) is 5.56 Å². The summed E-state index contributed by atoms with van der Waals surface area (Å²) in [7, 11) is -3.13. The van der Waals surface area contributed by atoms with Crippen LogP contribution in [-0.2, 0) is 21.6 Å². The van der Waals surface area contributed by atoms with Gasteiger partial charge in [0.2, 0.25) is 5.91 Å². The summed E-state index contributed by atoms with van der Waals surface area (Å²) in [5, 5.41) is -1.24. The standard InChI is InChI=1S/C12H14FNO4S/c1-18-10-4-2-3-9(5-10)7-14-8-11(6-12(14)15)19(13,16)17/h2-5,11H,6-8H2,1H3. The Balaban J connectivity index is 2.09. The van der Waals surface area contributed by atoms with Gasteiger partial charge in [-0.1, -0.05) is 12.1 Å². The number of carbonyl (C=O) groups is 1. The fourth-order valence-corrected chi connectivity index (χ4v) is 2.77. The fraction of sp³-hybridized carbons (Fsp3) is 0.417. The monoisotopic (exact) mass is 287 g/mol. The van der Waals surface area contributed by atoms with Gasteiger partial charge in [0.25, 0.3) is 0 Å². The van der Waals surface area contributed by atoms with Crippen LogP contribution in [0.15, 0.2) is 24.3 Å². The molecule has 5 nitrogen and oxygen atoms in total. The molecule has 0 bridgehead atoms. The SMILES string of the molecule is COc1cccc(CN2CC(S(=O)(=O)F)CC2=O)c1. The highest BCUT2D eigenvalue weighted by Crippen LogP contribution is 2.22. The number of benzene rings is 1. The van der Waals surface area contributed by atoms with Crippen LogP contribution in [-0.4, -0.2) is 38.1 Å². The lowest BCUT2D eigenvalue weighted by Gasteiger charge is -2.16. The van der Waals surface area contributed by atoms with E-state index in [1.165, 1.54) is 12.0 Å². The van der Waals surface area contributed by atoms with Gasteiger partial charge in [-0.25, -0.2) is 0 Å². The third kappa shape index (κ3) is 3.23. The number of likely N-dealkylation sites (tertiary alicyclic amines) is 1. The van der Waals surface area contributed by atoms with Crippen molar-refractivity contribution in [2.75, 3.05) is 13.7 Å². The molecule has 1 aliphatic heterocycles. The van der Waals surface area contributed by atoms with Crippen LogP contribution in [0.2, 0.25) is 0 Å². The first-order valence-electron chi connectivity index (χ1n) is 5.74. The van der Waals surface area contributed by atoms with Crippen molar-refractivity contribution in [2.24, 2.45) is 0 Å². The summed E-state index contributed by atoms with van der Waals surface area (Å²) in [6, 6.07) is 7.10. The molecular weight excluding hydrogens is 273 g/mol. The van der Waals surface area contributed by atoms with E-state index in [1.807, 2.05) is 0 Å². The number of amides is 1. The molecule has 7 heteroatoms. The summed E-state index contributed by atoms with van der Waals surface area (Å²) in [4.78, 5) is 13.0. The molecule has 2 rings (SSSR count). The minimum Gasteiger partial charge on any atom is -0.497 e. The fourth-order valence-electron chi connectivity index (χ4n) is 2.07. The predicted octanol–water partition coefficient (Wildman–Crippen LogP) is 1.10. The van der Waals surface area contributed by atoms with E-state index < -0.39 is 15.5 Å². The number of methoxy groups -OCH3 is 1. The van der Waals surface area contributed by atoms with Gasteiger partial charge in [0.05, 0.1) is 7.11 Å². The zero-order valence-electron chi connectivity index (χ0n) is 10.4. The topological polar surface area (TPSA) is 63.7 Å². The Hall–Kier alpha value is -1.63. The van der Waals surface area contributed by atoms with E-state index in [2.05, 4.69) is 0 Å². The average molecular weight is 287 g/mol. The Kier molecular flexibility index (Phi) is 3.75. The second-order valence-electron chi connectivity index (χ2n) is 4.43.